The fraction of sp³-hybridized carbons (Fsp3) is 0.900. The van der Waals surface area contributed by atoms with E-state index in [1.165, 1.54) is 6.42 Å². The summed E-state index contributed by atoms with van der Waals surface area (Å²) in [5.41, 5.74) is 6.29. The van der Waals surface area contributed by atoms with Crippen LogP contribution in [-0.2, 0) is 0 Å². The third kappa shape index (κ3) is 0.778. The van der Waals surface area contributed by atoms with Gasteiger partial charge in [0, 0.05) is 6.04 Å². The van der Waals surface area contributed by atoms with Crippen LogP contribution < -0.4 is 5.73 Å². The summed E-state index contributed by atoms with van der Waals surface area (Å²) in [7, 11) is 0. The van der Waals surface area contributed by atoms with E-state index >= 15 is 0 Å². The van der Waals surface area contributed by atoms with Crippen LogP contribution in [0.1, 0.15) is 26.7 Å². The quantitative estimate of drug-likeness (QED) is 0.590. The lowest BCUT2D eigenvalue weighted by molar-refractivity contribution is -0.0972. The maximum absolute atomic E-state index is 8.96. The first-order valence-electron chi connectivity index (χ1n) is 4.72. The van der Waals surface area contributed by atoms with E-state index in [1.807, 2.05) is 0 Å². The molecular weight excluding hydrogens is 148 g/mol. The third-order valence-corrected chi connectivity index (χ3v) is 4.15. The molecule has 2 bridgehead atoms. The van der Waals surface area contributed by atoms with Crippen molar-refractivity contribution in [2.75, 3.05) is 0 Å². The first-order chi connectivity index (χ1) is 5.57. The minimum Gasteiger partial charge on any atom is -0.326 e. The average molecular weight is 164 g/mol. The number of hydrogen-bond donors (Lipinski definition) is 1. The summed E-state index contributed by atoms with van der Waals surface area (Å²) in [6, 6.07) is 2.52. The Hall–Kier alpha value is -0.550. The Morgan fingerprint density at radius 1 is 1.42 bits per heavy atom. The normalized spacial score (nSPS) is 49.2. The summed E-state index contributed by atoms with van der Waals surface area (Å²) in [6.45, 7) is 4.56. The highest BCUT2D eigenvalue weighted by Gasteiger charge is 2.57. The molecule has 0 unspecified atom stereocenters. The number of nitrogens with zero attached hydrogens (tertiary/aromatic N) is 1. The van der Waals surface area contributed by atoms with E-state index in [0.717, 1.165) is 12.3 Å². The first kappa shape index (κ1) is 8.07. The molecule has 3 fully saturated rings. The molecule has 0 aromatic heterocycles. The second-order valence-electron chi connectivity index (χ2n) is 4.91. The van der Waals surface area contributed by atoms with Crippen LogP contribution in [0.3, 0.4) is 0 Å². The van der Waals surface area contributed by atoms with Crippen LogP contribution in [0.25, 0.3) is 0 Å². The van der Waals surface area contributed by atoms with Crippen molar-refractivity contribution >= 4 is 0 Å². The summed E-state index contributed by atoms with van der Waals surface area (Å²) < 4.78 is 0. The predicted molar refractivity (Wildman–Crippen MR) is 47.1 cm³/mol. The van der Waals surface area contributed by atoms with Crippen LogP contribution in [0, 0.1) is 34.5 Å². The number of rotatable bonds is 0. The average Bonchev–Trinajstić information content (AvgIpc) is 2.03. The van der Waals surface area contributed by atoms with E-state index in [1.54, 1.807) is 0 Å². The van der Waals surface area contributed by atoms with Crippen molar-refractivity contribution in [1.29, 1.82) is 5.26 Å². The zero-order chi connectivity index (χ0) is 8.93. The number of nitrogens with two attached hydrogens (primary N) is 1. The van der Waals surface area contributed by atoms with Crippen molar-refractivity contribution in [3.63, 3.8) is 0 Å². The van der Waals surface area contributed by atoms with Gasteiger partial charge in [0.15, 0.2) is 0 Å². The molecule has 2 nitrogen and oxygen atoms in total. The number of fused-ring (bicyclic) bond motifs is 2. The molecule has 12 heavy (non-hydrogen) atoms. The van der Waals surface area contributed by atoms with E-state index in [4.69, 9.17) is 11.0 Å². The Kier molecular flexibility index (Phi) is 1.50. The molecule has 0 spiro atoms. The fourth-order valence-electron chi connectivity index (χ4n) is 3.02. The van der Waals surface area contributed by atoms with E-state index in [2.05, 4.69) is 19.9 Å². The minimum atomic E-state index is 0.116. The fourth-order valence-corrected chi connectivity index (χ4v) is 3.02. The lowest BCUT2D eigenvalue weighted by Gasteiger charge is -2.60. The second kappa shape index (κ2) is 2.23. The van der Waals surface area contributed by atoms with Gasteiger partial charge < -0.3 is 5.73 Å². The molecule has 3 aliphatic carbocycles. The molecule has 0 aromatic carbocycles. The Balaban J connectivity index is 2.22. The van der Waals surface area contributed by atoms with Crippen molar-refractivity contribution in [2.24, 2.45) is 28.9 Å². The van der Waals surface area contributed by atoms with Gasteiger partial charge in [0.1, 0.15) is 0 Å². The summed E-state index contributed by atoms with van der Waals surface area (Å²) in [4.78, 5) is 0. The minimum absolute atomic E-state index is 0.116. The first-order valence-corrected chi connectivity index (χ1v) is 4.72. The van der Waals surface area contributed by atoms with E-state index in [0.29, 0.717) is 11.3 Å². The molecule has 3 saturated carbocycles. The molecule has 2 heteroatoms. The maximum atomic E-state index is 8.96. The molecule has 66 valence electrons. The summed E-state index contributed by atoms with van der Waals surface area (Å²) >= 11 is 0. The van der Waals surface area contributed by atoms with Gasteiger partial charge in [-0.1, -0.05) is 13.8 Å². The maximum Gasteiger partial charge on any atom is 0.0675 e. The molecule has 4 atom stereocenters. The van der Waals surface area contributed by atoms with E-state index < -0.39 is 0 Å². The number of hydrogen-bond acceptors (Lipinski definition) is 2. The van der Waals surface area contributed by atoms with Crippen LogP contribution in [0.5, 0.6) is 0 Å². The summed E-state index contributed by atoms with van der Waals surface area (Å²) in [6.07, 6.45) is 2.29. The molecule has 0 radical (unpaired) electrons. The molecular formula is C10H16N2. The lowest BCUT2D eigenvalue weighted by Crippen LogP contribution is -2.59. The molecule has 2 N–H and O–H groups in total. The third-order valence-electron chi connectivity index (χ3n) is 4.15. The smallest absolute Gasteiger partial charge is 0.0675 e. The Labute approximate surface area is 73.7 Å². The van der Waals surface area contributed by atoms with E-state index in [-0.39, 0.29) is 12.0 Å². The largest absolute Gasteiger partial charge is 0.326 e. The second-order valence-corrected chi connectivity index (χ2v) is 4.91. The highest BCUT2D eigenvalue weighted by molar-refractivity contribution is 5.13. The summed E-state index contributed by atoms with van der Waals surface area (Å²) in [5, 5.41) is 8.96. The van der Waals surface area contributed by atoms with Crippen molar-refractivity contribution in [2.45, 2.75) is 32.7 Å². The van der Waals surface area contributed by atoms with E-state index in [9.17, 15) is 0 Å². The SMILES string of the molecule is CC1(C)[C@@H]2C[C@@H](N)[C@H](C#N)[C@H]1C2. The molecule has 3 rings (SSSR count). The Morgan fingerprint density at radius 2 is 2.08 bits per heavy atom. The standard InChI is InChI=1S/C10H16N2/c1-10(2)6-3-8(10)7(5-11)9(12)4-6/h6-9H,3-4,12H2,1-2H3/t6-,7+,8+,9+/m0/s1. The van der Waals surface area contributed by atoms with Gasteiger partial charge in [0.05, 0.1) is 12.0 Å². The number of nitriles is 1. The van der Waals surface area contributed by atoms with Crippen molar-refractivity contribution < 1.29 is 0 Å². The monoisotopic (exact) mass is 164 g/mol. The van der Waals surface area contributed by atoms with Crippen molar-refractivity contribution in [3.05, 3.63) is 0 Å². The van der Waals surface area contributed by atoms with Crippen LogP contribution >= 0.6 is 0 Å². The van der Waals surface area contributed by atoms with Gasteiger partial charge in [0.2, 0.25) is 0 Å². The molecule has 3 aliphatic rings. The van der Waals surface area contributed by atoms with Crippen LogP contribution in [-0.4, -0.2) is 6.04 Å². The van der Waals surface area contributed by atoms with Gasteiger partial charge in [-0.2, -0.15) is 5.26 Å². The zero-order valence-electron chi connectivity index (χ0n) is 7.75. The highest BCUT2D eigenvalue weighted by atomic mass is 14.7. The predicted octanol–water partition coefficient (Wildman–Crippen LogP) is 1.52. The molecule has 0 aliphatic heterocycles. The van der Waals surface area contributed by atoms with Gasteiger partial charge in [-0.05, 0) is 30.1 Å². The van der Waals surface area contributed by atoms with Gasteiger partial charge in [-0.25, -0.2) is 0 Å². The van der Waals surface area contributed by atoms with Crippen LogP contribution in [0.15, 0.2) is 0 Å². The summed E-state index contributed by atoms with van der Waals surface area (Å²) in [5.74, 6) is 1.46. The lowest BCUT2D eigenvalue weighted by atomic mass is 9.45. The molecule has 0 saturated heterocycles. The Morgan fingerprint density at radius 3 is 2.50 bits per heavy atom. The van der Waals surface area contributed by atoms with Crippen molar-refractivity contribution in [1.82, 2.24) is 0 Å². The van der Waals surface area contributed by atoms with Crippen LogP contribution in [0.4, 0.5) is 0 Å². The molecule has 0 amide bonds. The van der Waals surface area contributed by atoms with Gasteiger partial charge in [0.25, 0.3) is 0 Å². The van der Waals surface area contributed by atoms with Gasteiger partial charge >= 0.3 is 0 Å². The van der Waals surface area contributed by atoms with Gasteiger partial charge in [-0.15, -0.1) is 0 Å². The van der Waals surface area contributed by atoms with Gasteiger partial charge in [-0.3, -0.25) is 0 Å². The van der Waals surface area contributed by atoms with Crippen molar-refractivity contribution in [3.8, 4) is 6.07 Å². The molecule has 0 aromatic rings. The van der Waals surface area contributed by atoms with Crippen LogP contribution in [0.2, 0.25) is 0 Å². The Bertz CT molecular complexity index is 239. The topological polar surface area (TPSA) is 49.8 Å². The zero-order valence-corrected chi connectivity index (χ0v) is 7.75. The molecule has 0 heterocycles. The highest BCUT2D eigenvalue weighted by Crippen LogP contribution is 2.60.